The zero-order chi connectivity index (χ0) is 21.5. The summed E-state index contributed by atoms with van der Waals surface area (Å²) in [5.41, 5.74) is 1.09. The molecule has 1 aliphatic rings. The maximum absolute atomic E-state index is 10.8. The summed E-state index contributed by atoms with van der Waals surface area (Å²) in [5.74, 6) is 0.528. The fraction of sp³-hybridized carbons (Fsp3) is 0.364. The van der Waals surface area contributed by atoms with Crippen LogP contribution in [0.2, 0.25) is 0 Å². The Bertz CT molecular complexity index is 893. The fourth-order valence-electron chi connectivity index (χ4n) is 3.33. The number of aliphatic carboxylic acids is 1. The molecule has 1 unspecified atom stereocenters. The molecule has 6 nitrogen and oxygen atoms in total. The molecule has 0 fully saturated rings. The molecule has 0 bridgehead atoms. The zero-order valence-corrected chi connectivity index (χ0v) is 19.1. The lowest BCUT2D eigenvalue weighted by Gasteiger charge is -2.29. The van der Waals surface area contributed by atoms with Gasteiger partial charge in [0.1, 0.15) is 11.6 Å². The number of nitrogens with zero attached hydrogens (tertiary/aromatic N) is 3. The summed E-state index contributed by atoms with van der Waals surface area (Å²) in [6, 6.07) is 10.5. The number of pyridine rings is 1. The Balaban J connectivity index is 2.04. The third kappa shape index (κ3) is 5.50. The molecule has 8 heteroatoms. The molecule has 0 saturated heterocycles. The summed E-state index contributed by atoms with van der Waals surface area (Å²) >= 11 is 3.27. The number of unbranched alkanes of at least 4 members (excludes halogenated alkanes) is 1. The Morgan fingerprint density at radius 2 is 2.27 bits per heavy atom. The molecule has 0 saturated carbocycles. The number of carboxylic acids is 1. The molecule has 0 aliphatic carbocycles. The van der Waals surface area contributed by atoms with E-state index in [4.69, 9.17) is 9.84 Å². The Labute approximate surface area is 186 Å². The van der Waals surface area contributed by atoms with E-state index < -0.39 is 5.97 Å². The van der Waals surface area contributed by atoms with Crippen molar-refractivity contribution in [3.05, 3.63) is 48.9 Å². The molecule has 3 rings (SSSR count). The number of ether oxygens (including phenoxy) is 1. The summed E-state index contributed by atoms with van der Waals surface area (Å²) < 4.78 is 7.98. The van der Waals surface area contributed by atoms with Gasteiger partial charge < -0.3 is 14.7 Å². The number of carbonyl (C=O) groups is 1. The maximum atomic E-state index is 10.8. The van der Waals surface area contributed by atoms with Gasteiger partial charge in [-0.1, -0.05) is 25.8 Å². The Kier molecular flexibility index (Phi) is 8.07. The van der Waals surface area contributed by atoms with Crippen LogP contribution in [0.1, 0.15) is 26.2 Å². The average molecular weight is 446 g/mol. The molecule has 2 heterocycles. The van der Waals surface area contributed by atoms with Crippen LogP contribution in [0.3, 0.4) is 0 Å². The van der Waals surface area contributed by atoms with E-state index in [1.54, 1.807) is 23.7 Å². The summed E-state index contributed by atoms with van der Waals surface area (Å²) in [4.78, 5) is 19.7. The van der Waals surface area contributed by atoms with E-state index in [-0.39, 0.29) is 0 Å². The zero-order valence-electron chi connectivity index (χ0n) is 17.4. The van der Waals surface area contributed by atoms with Gasteiger partial charge in [-0.25, -0.2) is 14.1 Å². The first-order valence-corrected chi connectivity index (χ1v) is 11.9. The molecule has 1 aromatic carbocycles. The molecule has 1 aromatic heterocycles. The Morgan fingerprint density at radius 3 is 2.93 bits per heavy atom. The Hall–Kier alpha value is -2.16. The van der Waals surface area contributed by atoms with Gasteiger partial charge in [0, 0.05) is 18.8 Å². The summed E-state index contributed by atoms with van der Waals surface area (Å²) in [6.45, 7) is 3.06. The molecule has 0 spiro atoms. The number of hydrogen-bond acceptors (Lipinski definition) is 7. The molecular weight excluding hydrogens is 418 g/mol. The second-order valence-corrected chi connectivity index (χ2v) is 9.01. The van der Waals surface area contributed by atoms with E-state index >= 15 is 0 Å². The third-order valence-corrected chi connectivity index (χ3v) is 6.78. The number of benzene rings is 1. The van der Waals surface area contributed by atoms with E-state index in [1.165, 1.54) is 12.7 Å². The van der Waals surface area contributed by atoms with E-state index in [0.29, 0.717) is 11.8 Å². The fourth-order valence-corrected chi connectivity index (χ4v) is 4.92. The van der Waals surface area contributed by atoms with Crippen LogP contribution in [0.4, 0.5) is 11.5 Å². The maximum Gasteiger partial charge on any atom is 0.331 e. The van der Waals surface area contributed by atoms with Crippen LogP contribution < -0.4 is 9.64 Å². The van der Waals surface area contributed by atoms with E-state index in [1.807, 2.05) is 36.7 Å². The minimum atomic E-state index is -1.04. The number of anilines is 2. The molecule has 30 heavy (non-hydrogen) atoms. The minimum Gasteiger partial charge on any atom is -0.478 e. The van der Waals surface area contributed by atoms with Crippen molar-refractivity contribution < 1.29 is 14.6 Å². The van der Waals surface area contributed by atoms with Gasteiger partial charge in [-0.3, -0.25) is 0 Å². The molecule has 1 atom stereocenters. The van der Waals surface area contributed by atoms with Crippen LogP contribution in [0.15, 0.2) is 58.7 Å². The first-order valence-electron chi connectivity index (χ1n) is 9.91. The lowest BCUT2D eigenvalue weighted by Crippen LogP contribution is -2.35. The van der Waals surface area contributed by atoms with Gasteiger partial charge in [0.15, 0.2) is 0 Å². The molecule has 1 aliphatic heterocycles. The second-order valence-electron chi connectivity index (χ2n) is 6.96. The van der Waals surface area contributed by atoms with Crippen LogP contribution in [0.25, 0.3) is 0 Å². The molecular formula is C22H27N3O3S2. The molecule has 2 aromatic rings. The SMILES string of the molecule is CCCCC1CN(c2ccccn2)c2cc(SC)c(O/C=C/C(=O)O)cc2SN1C. The van der Waals surface area contributed by atoms with Gasteiger partial charge in [0.2, 0.25) is 0 Å². The van der Waals surface area contributed by atoms with Crippen molar-refractivity contribution in [2.24, 2.45) is 0 Å². The van der Waals surface area contributed by atoms with Crippen molar-refractivity contribution in [2.75, 3.05) is 24.7 Å². The number of thioether (sulfide) groups is 1. The predicted molar refractivity (Wildman–Crippen MR) is 124 cm³/mol. The minimum absolute atomic E-state index is 0.373. The second kappa shape index (κ2) is 10.7. The van der Waals surface area contributed by atoms with Crippen molar-refractivity contribution in [2.45, 2.75) is 42.0 Å². The van der Waals surface area contributed by atoms with Crippen LogP contribution in [0.5, 0.6) is 5.75 Å². The monoisotopic (exact) mass is 445 g/mol. The number of aromatic nitrogens is 1. The lowest BCUT2D eigenvalue weighted by atomic mass is 10.1. The standard InChI is InChI=1S/C22H27N3O3S2/c1-4-5-8-16-15-25(21-9-6-7-11-23-21)17-13-20(29-3)18(28-12-10-22(26)27)14-19(17)30-24(16)2/h6-7,9-14,16H,4-5,8,15H2,1-3H3,(H,26,27)/b12-10+. The highest BCUT2D eigenvalue weighted by atomic mass is 32.2. The van der Waals surface area contributed by atoms with Gasteiger partial charge in [0.25, 0.3) is 0 Å². The summed E-state index contributed by atoms with van der Waals surface area (Å²) in [6.07, 6.45) is 9.47. The highest BCUT2D eigenvalue weighted by molar-refractivity contribution is 7.98. The predicted octanol–water partition coefficient (Wildman–Crippen LogP) is 5.43. The smallest absolute Gasteiger partial charge is 0.331 e. The molecule has 0 amide bonds. The summed E-state index contributed by atoms with van der Waals surface area (Å²) in [5, 5.41) is 8.85. The van der Waals surface area contributed by atoms with Gasteiger partial charge in [-0.15, -0.1) is 11.8 Å². The summed E-state index contributed by atoms with van der Waals surface area (Å²) in [7, 11) is 2.13. The quantitative estimate of drug-likeness (QED) is 0.250. The van der Waals surface area contributed by atoms with Crippen molar-refractivity contribution in [1.82, 2.24) is 9.29 Å². The van der Waals surface area contributed by atoms with Gasteiger partial charge >= 0.3 is 5.97 Å². The van der Waals surface area contributed by atoms with Crippen molar-refractivity contribution in [3.63, 3.8) is 0 Å². The number of likely N-dealkylation sites (N-methyl/N-ethyl adjacent to an activating group) is 1. The molecule has 160 valence electrons. The van der Waals surface area contributed by atoms with Crippen molar-refractivity contribution in [3.8, 4) is 5.75 Å². The number of carboxylic acid groups (broad SMARTS) is 1. The van der Waals surface area contributed by atoms with Gasteiger partial charge in [-0.05, 0) is 55.9 Å². The number of hydrogen-bond donors (Lipinski definition) is 1. The van der Waals surface area contributed by atoms with Crippen molar-refractivity contribution in [1.29, 1.82) is 0 Å². The van der Waals surface area contributed by atoms with Crippen LogP contribution in [-0.4, -0.2) is 46.3 Å². The topological polar surface area (TPSA) is 65.9 Å². The molecule has 0 radical (unpaired) electrons. The van der Waals surface area contributed by atoms with E-state index in [9.17, 15) is 4.79 Å². The Morgan fingerprint density at radius 1 is 1.43 bits per heavy atom. The van der Waals surface area contributed by atoms with Gasteiger partial charge in [0.05, 0.1) is 27.8 Å². The highest BCUT2D eigenvalue weighted by Gasteiger charge is 2.29. The first-order chi connectivity index (χ1) is 14.5. The first kappa shape index (κ1) is 22.5. The van der Waals surface area contributed by atoms with Crippen LogP contribution in [0, 0.1) is 0 Å². The average Bonchev–Trinajstić information content (AvgIpc) is 2.87. The van der Waals surface area contributed by atoms with E-state index in [0.717, 1.165) is 46.8 Å². The van der Waals surface area contributed by atoms with E-state index in [2.05, 4.69) is 34.2 Å². The van der Waals surface area contributed by atoms with Crippen LogP contribution in [-0.2, 0) is 4.79 Å². The van der Waals surface area contributed by atoms with Gasteiger partial charge in [-0.2, -0.15) is 0 Å². The van der Waals surface area contributed by atoms with Crippen molar-refractivity contribution >= 4 is 41.2 Å². The number of fused-ring (bicyclic) bond motifs is 1. The highest BCUT2D eigenvalue weighted by Crippen LogP contribution is 2.45. The lowest BCUT2D eigenvalue weighted by molar-refractivity contribution is -0.131. The largest absolute Gasteiger partial charge is 0.478 e. The third-order valence-electron chi connectivity index (χ3n) is 4.91. The van der Waals surface area contributed by atoms with Crippen LogP contribution >= 0.6 is 23.7 Å². The number of rotatable bonds is 8. The molecule has 1 N–H and O–H groups in total. The normalized spacial score (nSPS) is 17.0.